The fourth-order valence-electron chi connectivity index (χ4n) is 4.61. The molecule has 1 aromatic heterocycles. The minimum Gasteiger partial charge on any atom is -0.355 e. The van der Waals surface area contributed by atoms with Crippen LogP contribution in [0.4, 0.5) is 10.1 Å². The van der Waals surface area contributed by atoms with Gasteiger partial charge in [0.2, 0.25) is 5.91 Å². The molecule has 1 unspecified atom stereocenters. The lowest BCUT2D eigenvalue weighted by atomic mass is 9.80. The molecule has 1 atom stereocenters. The third-order valence-corrected chi connectivity index (χ3v) is 6.78. The van der Waals surface area contributed by atoms with Crippen molar-refractivity contribution in [2.24, 2.45) is 11.3 Å². The maximum atomic E-state index is 14.0. The van der Waals surface area contributed by atoms with E-state index in [0.29, 0.717) is 24.5 Å². The maximum absolute atomic E-state index is 14.0. The summed E-state index contributed by atoms with van der Waals surface area (Å²) in [4.78, 5) is 34.4. The number of nitrogens with one attached hydrogen (secondary N) is 2. The highest BCUT2D eigenvalue weighted by atomic mass is 19.1. The minimum absolute atomic E-state index is 0.0874. The molecule has 2 saturated carbocycles. The fourth-order valence-corrected chi connectivity index (χ4v) is 4.61. The number of hydrogen-bond donors (Lipinski definition) is 2. The Morgan fingerprint density at radius 3 is 2.52 bits per heavy atom. The second-order valence-electron chi connectivity index (χ2n) is 8.87. The van der Waals surface area contributed by atoms with Gasteiger partial charge in [-0.2, -0.15) is 0 Å². The first-order chi connectivity index (χ1) is 16.1. The van der Waals surface area contributed by atoms with Gasteiger partial charge >= 0.3 is 0 Å². The van der Waals surface area contributed by atoms with Crippen LogP contribution in [0.25, 0.3) is 11.4 Å². The highest BCUT2D eigenvalue weighted by Crippen LogP contribution is 2.65. The van der Waals surface area contributed by atoms with Crippen LogP contribution in [0.2, 0.25) is 0 Å². The number of para-hydroxylation sites is 1. The van der Waals surface area contributed by atoms with Gasteiger partial charge in [0.15, 0.2) is 5.82 Å². The first-order valence-electron chi connectivity index (χ1n) is 11.3. The summed E-state index contributed by atoms with van der Waals surface area (Å²) in [5.74, 6) is -0.299. The van der Waals surface area contributed by atoms with E-state index in [4.69, 9.17) is 0 Å². The number of hydrogen-bond acceptors (Lipinski definition) is 4. The molecule has 0 radical (unpaired) electrons. The van der Waals surface area contributed by atoms with E-state index in [1.165, 1.54) is 24.8 Å². The number of carbonyl (C=O) groups excluding carboxylic acids is 2. The summed E-state index contributed by atoms with van der Waals surface area (Å²) in [6, 6.07) is 15.5. The number of amides is 2. The summed E-state index contributed by atoms with van der Waals surface area (Å²) in [5.41, 5.74) is 1.95. The number of nitrogens with zero attached hydrogens (tertiary/aromatic N) is 2. The molecule has 2 amide bonds. The first-order valence-corrected chi connectivity index (χ1v) is 11.3. The molecule has 0 aliphatic heterocycles. The summed E-state index contributed by atoms with van der Waals surface area (Å²) < 4.78 is 14.0. The van der Waals surface area contributed by atoms with Gasteiger partial charge in [0.05, 0.1) is 16.9 Å². The van der Waals surface area contributed by atoms with E-state index in [1.54, 1.807) is 12.1 Å². The lowest BCUT2D eigenvalue weighted by Gasteiger charge is -2.26. The number of anilines is 1. The number of carbonyl (C=O) groups is 2. The van der Waals surface area contributed by atoms with Crippen molar-refractivity contribution in [1.82, 2.24) is 15.3 Å². The normalized spacial score (nSPS) is 17.8. The van der Waals surface area contributed by atoms with Crippen LogP contribution in [0.3, 0.4) is 0 Å². The van der Waals surface area contributed by atoms with Gasteiger partial charge in [-0.25, -0.2) is 14.4 Å². The average Bonchev–Trinajstić information content (AvgIpc) is 3.58. The maximum Gasteiger partial charge on any atom is 0.259 e. The van der Waals surface area contributed by atoms with Crippen LogP contribution in [-0.4, -0.2) is 28.3 Å². The highest BCUT2D eigenvalue weighted by molar-refractivity contribution is 6.05. The van der Waals surface area contributed by atoms with Crippen LogP contribution in [0, 0.1) is 17.2 Å². The molecule has 168 valence electrons. The summed E-state index contributed by atoms with van der Waals surface area (Å²) in [5, 5.41) is 5.61. The van der Waals surface area contributed by atoms with E-state index in [1.807, 2.05) is 30.3 Å². The largest absolute Gasteiger partial charge is 0.355 e. The fraction of sp³-hybridized carbons (Fsp3) is 0.308. The lowest BCUT2D eigenvalue weighted by molar-refractivity contribution is -0.123. The molecule has 2 N–H and O–H groups in total. The quantitative estimate of drug-likeness (QED) is 0.566. The van der Waals surface area contributed by atoms with Crippen LogP contribution in [0.5, 0.6) is 0 Å². The van der Waals surface area contributed by atoms with E-state index in [-0.39, 0.29) is 28.5 Å². The topological polar surface area (TPSA) is 84.0 Å². The number of aromatic nitrogens is 2. The molecule has 1 spiro atoms. The van der Waals surface area contributed by atoms with Gasteiger partial charge in [-0.15, -0.1) is 0 Å². The molecule has 3 aromatic rings. The van der Waals surface area contributed by atoms with Gasteiger partial charge in [-0.3, -0.25) is 9.59 Å². The molecule has 6 nitrogen and oxygen atoms in total. The van der Waals surface area contributed by atoms with Crippen molar-refractivity contribution < 1.29 is 14.0 Å². The van der Waals surface area contributed by atoms with Gasteiger partial charge in [0, 0.05) is 30.6 Å². The van der Waals surface area contributed by atoms with Crippen LogP contribution in [-0.2, 0) is 11.2 Å². The van der Waals surface area contributed by atoms with Crippen molar-refractivity contribution in [3.63, 3.8) is 0 Å². The monoisotopic (exact) mass is 444 g/mol. The Kier molecular flexibility index (Phi) is 5.62. The molecule has 1 heterocycles. The molecule has 2 aliphatic carbocycles. The van der Waals surface area contributed by atoms with Gasteiger partial charge in [-0.05, 0) is 36.8 Å². The predicted octanol–water partition coefficient (Wildman–Crippen LogP) is 4.38. The molecule has 2 aliphatic rings. The zero-order chi connectivity index (χ0) is 22.8. The van der Waals surface area contributed by atoms with Crippen molar-refractivity contribution >= 4 is 17.5 Å². The van der Waals surface area contributed by atoms with E-state index < -0.39 is 11.7 Å². The Balaban J connectivity index is 1.34. The lowest BCUT2D eigenvalue weighted by Crippen LogP contribution is -2.31. The van der Waals surface area contributed by atoms with Crippen molar-refractivity contribution in [3.05, 3.63) is 77.9 Å². The zero-order valence-electron chi connectivity index (χ0n) is 18.2. The second kappa shape index (κ2) is 8.73. The van der Waals surface area contributed by atoms with Gasteiger partial charge < -0.3 is 10.6 Å². The Morgan fingerprint density at radius 1 is 1.06 bits per heavy atom. The first kappa shape index (κ1) is 21.2. The molecule has 7 heteroatoms. The van der Waals surface area contributed by atoms with Crippen molar-refractivity contribution in [2.45, 2.75) is 32.1 Å². The summed E-state index contributed by atoms with van der Waals surface area (Å²) in [7, 11) is 0. The van der Waals surface area contributed by atoms with Gasteiger partial charge in [-0.1, -0.05) is 48.9 Å². The third kappa shape index (κ3) is 4.35. The molecule has 0 bridgehead atoms. The van der Waals surface area contributed by atoms with Crippen LogP contribution < -0.4 is 10.6 Å². The van der Waals surface area contributed by atoms with E-state index in [9.17, 15) is 14.0 Å². The van der Waals surface area contributed by atoms with Crippen molar-refractivity contribution in [2.75, 3.05) is 11.9 Å². The van der Waals surface area contributed by atoms with E-state index >= 15 is 0 Å². The van der Waals surface area contributed by atoms with E-state index in [0.717, 1.165) is 24.8 Å². The molecule has 0 saturated heterocycles. The van der Waals surface area contributed by atoms with E-state index in [2.05, 4.69) is 20.6 Å². The summed E-state index contributed by atoms with van der Waals surface area (Å²) in [6.07, 6.45) is 6.34. The zero-order valence-corrected chi connectivity index (χ0v) is 18.2. The Labute approximate surface area is 191 Å². The van der Waals surface area contributed by atoms with Crippen molar-refractivity contribution in [3.8, 4) is 11.4 Å². The highest BCUT2D eigenvalue weighted by Gasteiger charge is 2.60. The number of halogens is 1. The Morgan fingerprint density at radius 2 is 1.82 bits per heavy atom. The van der Waals surface area contributed by atoms with Crippen LogP contribution >= 0.6 is 0 Å². The van der Waals surface area contributed by atoms with Gasteiger partial charge in [0.1, 0.15) is 5.82 Å². The standard InChI is InChI=1S/C26H25FN4O2/c27-20-9-4-5-10-22(20)31-24(32)18-16-29-23(17-7-2-1-3-8-17)30-21(18)11-14-28-25(33)19-15-26(19)12-6-13-26/h1-5,7-10,16,19H,6,11-15H2,(H,28,33)(H,31,32). The molecule has 33 heavy (non-hydrogen) atoms. The summed E-state index contributed by atoms with van der Waals surface area (Å²) in [6.45, 7) is 0.372. The third-order valence-electron chi connectivity index (χ3n) is 6.78. The van der Waals surface area contributed by atoms with Gasteiger partial charge in [0.25, 0.3) is 5.91 Å². The molecule has 5 rings (SSSR count). The number of rotatable bonds is 7. The Bertz CT molecular complexity index is 1190. The molecular weight excluding hydrogens is 419 g/mol. The smallest absolute Gasteiger partial charge is 0.259 e. The molecular formula is C26H25FN4O2. The van der Waals surface area contributed by atoms with Crippen LogP contribution in [0.15, 0.2) is 60.8 Å². The average molecular weight is 445 g/mol. The van der Waals surface area contributed by atoms with Crippen LogP contribution in [0.1, 0.15) is 41.7 Å². The second-order valence-corrected chi connectivity index (χ2v) is 8.87. The Hall–Kier alpha value is -3.61. The molecule has 2 fully saturated rings. The van der Waals surface area contributed by atoms with Crippen molar-refractivity contribution in [1.29, 1.82) is 0 Å². The SMILES string of the molecule is O=C(Nc1ccccc1F)c1cnc(-c2ccccc2)nc1CCNC(=O)C1CC12CCC2. The minimum atomic E-state index is -0.518. The number of benzene rings is 2. The predicted molar refractivity (Wildman–Crippen MR) is 123 cm³/mol. The summed E-state index contributed by atoms with van der Waals surface area (Å²) >= 11 is 0. The molecule has 2 aromatic carbocycles.